The summed E-state index contributed by atoms with van der Waals surface area (Å²) in [5, 5.41) is 7.51. The van der Waals surface area contributed by atoms with Gasteiger partial charge in [-0.15, -0.1) is 11.3 Å². The molecular weight excluding hydrogens is 312 g/mol. The maximum atomic E-state index is 11.9. The Morgan fingerprint density at radius 2 is 1.91 bits per heavy atom. The number of anilines is 1. The first-order valence-electron chi connectivity index (χ1n) is 7.49. The van der Waals surface area contributed by atoms with Crippen molar-refractivity contribution in [1.29, 1.82) is 0 Å². The Kier molecular flexibility index (Phi) is 6.62. The van der Waals surface area contributed by atoms with Gasteiger partial charge in [-0.3, -0.25) is 9.59 Å². The van der Waals surface area contributed by atoms with Crippen LogP contribution in [-0.2, 0) is 16.0 Å². The van der Waals surface area contributed by atoms with Gasteiger partial charge in [0.05, 0.1) is 0 Å². The lowest BCUT2D eigenvalue weighted by Crippen LogP contribution is -2.28. The number of ether oxygens (including phenoxy) is 1. The van der Waals surface area contributed by atoms with Crippen molar-refractivity contribution >= 4 is 28.8 Å². The lowest BCUT2D eigenvalue weighted by atomic mass is 10.2. The molecule has 0 fully saturated rings. The van der Waals surface area contributed by atoms with Crippen LogP contribution >= 0.6 is 11.3 Å². The number of thiophene rings is 1. The fourth-order valence-electron chi connectivity index (χ4n) is 1.95. The van der Waals surface area contributed by atoms with Crippen molar-refractivity contribution in [1.82, 2.24) is 5.32 Å². The lowest BCUT2D eigenvalue weighted by molar-refractivity contribution is -0.123. The molecule has 2 amide bonds. The molecule has 1 heterocycles. The molecule has 0 aliphatic rings. The van der Waals surface area contributed by atoms with Crippen molar-refractivity contribution in [2.24, 2.45) is 0 Å². The average Bonchev–Trinajstić information content (AvgIpc) is 3.06. The Hall–Kier alpha value is -2.34. The summed E-state index contributed by atoms with van der Waals surface area (Å²) in [5.74, 6) is 0.417. The Balaban J connectivity index is 1.75. The second-order valence-corrected chi connectivity index (χ2v) is 5.93. The van der Waals surface area contributed by atoms with Crippen molar-refractivity contribution < 1.29 is 14.3 Å². The van der Waals surface area contributed by atoms with Gasteiger partial charge in [0.2, 0.25) is 5.91 Å². The zero-order valence-corrected chi connectivity index (χ0v) is 13.8. The van der Waals surface area contributed by atoms with E-state index in [4.69, 9.17) is 4.74 Å². The third-order valence-corrected chi connectivity index (χ3v) is 4.00. The predicted molar refractivity (Wildman–Crippen MR) is 91.9 cm³/mol. The van der Waals surface area contributed by atoms with Crippen LogP contribution in [0.15, 0.2) is 41.8 Å². The number of aryl methyl sites for hydroxylation is 1. The van der Waals surface area contributed by atoms with Gasteiger partial charge in [0.1, 0.15) is 5.75 Å². The number of nitrogens with one attached hydrogen (secondary N) is 2. The van der Waals surface area contributed by atoms with Crippen LogP contribution in [0.25, 0.3) is 0 Å². The van der Waals surface area contributed by atoms with Crippen molar-refractivity contribution in [2.45, 2.75) is 19.8 Å². The summed E-state index contributed by atoms with van der Waals surface area (Å²) in [6, 6.07) is 11.0. The number of carbonyl (C=O) groups is 2. The van der Waals surface area contributed by atoms with Crippen LogP contribution in [0.2, 0.25) is 0 Å². The molecular formula is C17H20N2O3S. The second-order valence-electron chi connectivity index (χ2n) is 4.89. The Morgan fingerprint density at radius 3 is 2.57 bits per heavy atom. The molecule has 0 saturated carbocycles. The molecule has 2 aromatic rings. The highest BCUT2D eigenvalue weighted by atomic mass is 32.1. The highest BCUT2D eigenvalue weighted by Crippen LogP contribution is 2.16. The van der Waals surface area contributed by atoms with Gasteiger partial charge in [-0.05, 0) is 49.1 Å². The van der Waals surface area contributed by atoms with E-state index in [1.54, 1.807) is 35.6 Å². The molecule has 0 atom stereocenters. The standard InChI is InChI=1S/C17H20N2O3S/c1-2-18-17(21)12-22-14-7-5-13(6-8-14)19-16(20)10-9-15-4-3-11-23-15/h3-8,11H,2,9-10,12H2,1H3,(H,18,21)(H,19,20). The molecule has 5 nitrogen and oxygen atoms in total. The van der Waals surface area contributed by atoms with Crippen LogP contribution < -0.4 is 15.4 Å². The molecule has 122 valence electrons. The Bertz CT molecular complexity index is 624. The van der Waals surface area contributed by atoms with E-state index in [1.165, 1.54) is 4.88 Å². The first-order valence-corrected chi connectivity index (χ1v) is 8.37. The zero-order valence-electron chi connectivity index (χ0n) is 13.0. The quantitative estimate of drug-likeness (QED) is 0.781. The molecule has 23 heavy (non-hydrogen) atoms. The highest BCUT2D eigenvalue weighted by molar-refractivity contribution is 7.09. The fourth-order valence-corrected chi connectivity index (χ4v) is 2.66. The second kappa shape index (κ2) is 8.95. The normalized spacial score (nSPS) is 10.1. The molecule has 2 N–H and O–H groups in total. The number of carbonyl (C=O) groups excluding carboxylic acids is 2. The summed E-state index contributed by atoms with van der Waals surface area (Å²) < 4.78 is 5.35. The minimum Gasteiger partial charge on any atom is -0.484 e. The van der Waals surface area contributed by atoms with E-state index in [9.17, 15) is 9.59 Å². The Morgan fingerprint density at radius 1 is 1.13 bits per heavy atom. The van der Waals surface area contributed by atoms with Gasteiger partial charge in [-0.25, -0.2) is 0 Å². The van der Waals surface area contributed by atoms with E-state index in [0.29, 0.717) is 24.4 Å². The highest BCUT2D eigenvalue weighted by Gasteiger charge is 2.05. The van der Waals surface area contributed by atoms with Crippen molar-refractivity contribution in [2.75, 3.05) is 18.5 Å². The molecule has 0 bridgehead atoms. The van der Waals surface area contributed by atoms with E-state index >= 15 is 0 Å². The van der Waals surface area contributed by atoms with Crippen LogP contribution in [0, 0.1) is 0 Å². The first-order chi connectivity index (χ1) is 11.2. The maximum Gasteiger partial charge on any atom is 0.257 e. The van der Waals surface area contributed by atoms with Gasteiger partial charge in [-0.2, -0.15) is 0 Å². The minimum atomic E-state index is -0.154. The van der Waals surface area contributed by atoms with Gasteiger partial charge in [0.15, 0.2) is 6.61 Å². The maximum absolute atomic E-state index is 11.9. The molecule has 0 aliphatic heterocycles. The van der Waals surface area contributed by atoms with Crippen molar-refractivity contribution in [3.63, 3.8) is 0 Å². The SMILES string of the molecule is CCNC(=O)COc1ccc(NC(=O)CCc2cccs2)cc1. The summed E-state index contributed by atoms with van der Waals surface area (Å²) in [7, 11) is 0. The molecule has 1 aromatic carbocycles. The molecule has 0 radical (unpaired) electrons. The van der Waals surface area contributed by atoms with Crippen LogP contribution in [0.3, 0.4) is 0 Å². The average molecular weight is 332 g/mol. The van der Waals surface area contributed by atoms with Crippen LogP contribution in [0.4, 0.5) is 5.69 Å². The minimum absolute atomic E-state index is 0.0135. The molecule has 0 saturated heterocycles. The largest absolute Gasteiger partial charge is 0.484 e. The van der Waals surface area contributed by atoms with Gasteiger partial charge >= 0.3 is 0 Å². The smallest absolute Gasteiger partial charge is 0.257 e. The van der Waals surface area contributed by atoms with Crippen molar-refractivity contribution in [3.05, 3.63) is 46.7 Å². The molecule has 0 spiro atoms. The summed E-state index contributed by atoms with van der Waals surface area (Å²) in [4.78, 5) is 24.4. The third-order valence-electron chi connectivity index (χ3n) is 3.06. The Labute approximate surface area is 139 Å². The summed E-state index contributed by atoms with van der Waals surface area (Å²) in [6.45, 7) is 2.42. The van der Waals surface area contributed by atoms with Crippen LogP contribution in [0.5, 0.6) is 5.75 Å². The van der Waals surface area contributed by atoms with Gasteiger partial charge < -0.3 is 15.4 Å². The molecule has 2 rings (SSSR count). The molecule has 1 aromatic heterocycles. The summed E-state index contributed by atoms with van der Waals surface area (Å²) in [5.41, 5.74) is 0.714. The number of benzene rings is 1. The third kappa shape index (κ3) is 6.12. The van der Waals surface area contributed by atoms with E-state index < -0.39 is 0 Å². The monoisotopic (exact) mass is 332 g/mol. The van der Waals surface area contributed by atoms with Crippen molar-refractivity contribution in [3.8, 4) is 5.75 Å². The zero-order chi connectivity index (χ0) is 16.5. The number of likely N-dealkylation sites (N-methyl/N-ethyl adjacent to an activating group) is 1. The van der Waals surface area contributed by atoms with Crippen LogP contribution in [-0.4, -0.2) is 25.0 Å². The molecule has 0 aliphatic carbocycles. The number of hydrogen-bond acceptors (Lipinski definition) is 4. The van der Waals surface area contributed by atoms with E-state index in [2.05, 4.69) is 10.6 Å². The first kappa shape index (κ1) is 17.0. The topological polar surface area (TPSA) is 67.4 Å². The van der Waals surface area contributed by atoms with Gasteiger partial charge in [0, 0.05) is 23.5 Å². The number of rotatable bonds is 8. The van der Waals surface area contributed by atoms with E-state index in [0.717, 1.165) is 6.42 Å². The van der Waals surface area contributed by atoms with E-state index in [1.807, 2.05) is 24.4 Å². The number of hydrogen-bond donors (Lipinski definition) is 2. The van der Waals surface area contributed by atoms with E-state index in [-0.39, 0.29) is 18.4 Å². The summed E-state index contributed by atoms with van der Waals surface area (Å²) in [6.07, 6.45) is 1.20. The number of amides is 2. The molecule has 6 heteroatoms. The summed E-state index contributed by atoms with van der Waals surface area (Å²) >= 11 is 1.66. The van der Waals surface area contributed by atoms with Gasteiger partial charge in [-0.1, -0.05) is 6.07 Å². The lowest BCUT2D eigenvalue weighted by Gasteiger charge is -2.08. The predicted octanol–water partition coefficient (Wildman–Crippen LogP) is 2.83. The van der Waals surface area contributed by atoms with Gasteiger partial charge in [0.25, 0.3) is 5.91 Å². The van der Waals surface area contributed by atoms with Crippen LogP contribution in [0.1, 0.15) is 18.2 Å². The fraction of sp³-hybridized carbons (Fsp3) is 0.294. The molecule has 0 unspecified atom stereocenters.